The second-order valence-corrected chi connectivity index (χ2v) is 8.09. The van der Waals surface area contributed by atoms with Crippen LogP contribution in [0.15, 0.2) is 48.5 Å². The number of amides is 2. The average molecular weight is 424 g/mol. The number of benzene rings is 2. The van der Waals surface area contributed by atoms with Crippen molar-refractivity contribution >= 4 is 17.5 Å². The fourth-order valence-electron chi connectivity index (χ4n) is 3.97. The summed E-state index contributed by atoms with van der Waals surface area (Å²) in [6, 6.07) is 16.1. The molecule has 6 nitrogen and oxygen atoms in total. The van der Waals surface area contributed by atoms with E-state index in [1.807, 2.05) is 24.3 Å². The van der Waals surface area contributed by atoms with E-state index in [1.165, 1.54) is 11.3 Å². The predicted molar refractivity (Wildman–Crippen MR) is 123 cm³/mol. The molecule has 0 radical (unpaired) electrons. The van der Waals surface area contributed by atoms with Crippen LogP contribution >= 0.6 is 0 Å². The summed E-state index contributed by atoms with van der Waals surface area (Å²) < 4.78 is 5.17. The molecule has 2 aromatic rings. The molecule has 3 rings (SSSR count). The zero-order valence-electron chi connectivity index (χ0n) is 18.8. The lowest BCUT2D eigenvalue weighted by atomic mass is 10.1. The number of anilines is 1. The number of hydrogen-bond donors (Lipinski definition) is 1. The molecule has 0 saturated carbocycles. The van der Waals surface area contributed by atoms with Crippen molar-refractivity contribution in [3.63, 3.8) is 0 Å². The Hall–Kier alpha value is -3.02. The lowest BCUT2D eigenvalue weighted by Crippen LogP contribution is -2.35. The van der Waals surface area contributed by atoms with Crippen LogP contribution < -0.4 is 15.0 Å². The highest BCUT2D eigenvalue weighted by Crippen LogP contribution is 2.21. The van der Waals surface area contributed by atoms with Crippen LogP contribution in [0.4, 0.5) is 5.69 Å². The highest BCUT2D eigenvalue weighted by Gasteiger charge is 2.34. The van der Waals surface area contributed by atoms with Crippen molar-refractivity contribution in [3.8, 4) is 5.75 Å². The van der Waals surface area contributed by atoms with Crippen molar-refractivity contribution in [3.05, 3.63) is 59.7 Å². The van der Waals surface area contributed by atoms with Crippen LogP contribution in [-0.2, 0) is 16.1 Å². The van der Waals surface area contributed by atoms with E-state index >= 15 is 0 Å². The second-order valence-electron chi connectivity index (χ2n) is 8.09. The Morgan fingerprint density at radius 1 is 1.23 bits per heavy atom. The van der Waals surface area contributed by atoms with Gasteiger partial charge in [-0.2, -0.15) is 0 Å². The van der Waals surface area contributed by atoms with Crippen LogP contribution in [0.3, 0.4) is 0 Å². The summed E-state index contributed by atoms with van der Waals surface area (Å²) >= 11 is 0. The molecule has 0 spiro atoms. The number of rotatable bonds is 10. The molecular formula is C25H33N3O3. The topological polar surface area (TPSA) is 61.9 Å². The molecule has 2 amide bonds. The third-order valence-corrected chi connectivity index (χ3v) is 5.77. The van der Waals surface area contributed by atoms with E-state index in [4.69, 9.17) is 4.74 Å². The summed E-state index contributed by atoms with van der Waals surface area (Å²) in [5, 5.41) is 3.03. The number of aryl methyl sites for hydroxylation is 1. The van der Waals surface area contributed by atoms with Crippen molar-refractivity contribution in [1.82, 2.24) is 10.2 Å². The van der Waals surface area contributed by atoms with Crippen LogP contribution in [0.5, 0.6) is 5.75 Å². The number of hydrogen-bond acceptors (Lipinski definition) is 4. The largest absolute Gasteiger partial charge is 0.497 e. The van der Waals surface area contributed by atoms with Crippen LogP contribution in [-0.4, -0.2) is 50.0 Å². The zero-order valence-corrected chi connectivity index (χ0v) is 18.8. The van der Waals surface area contributed by atoms with Crippen molar-refractivity contribution in [2.75, 3.05) is 38.2 Å². The molecule has 0 unspecified atom stereocenters. The van der Waals surface area contributed by atoms with Gasteiger partial charge in [0.15, 0.2) is 0 Å². The van der Waals surface area contributed by atoms with E-state index in [2.05, 4.69) is 48.3 Å². The van der Waals surface area contributed by atoms with Crippen LogP contribution in [0.2, 0.25) is 0 Å². The molecule has 1 aliphatic rings. The summed E-state index contributed by atoms with van der Waals surface area (Å²) in [5.41, 5.74) is 3.49. The second kappa shape index (κ2) is 10.8. The van der Waals surface area contributed by atoms with Crippen LogP contribution in [0.1, 0.15) is 30.9 Å². The maximum absolute atomic E-state index is 12.6. The minimum Gasteiger partial charge on any atom is -0.497 e. The smallest absolute Gasteiger partial charge is 0.225 e. The summed E-state index contributed by atoms with van der Waals surface area (Å²) in [4.78, 5) is 29.0. The fraction of sp³-hybridized carbons (Fsp3) is 0.440. The Balaban J connectivity index is 1.42. The molecule has 1 heterocycles. The Labute approximate surface area is 185 Å². The van der Waals surface area contributed by atoms with Crippen molar-refractivity contribution in [2.24, 2.45) is 5.92 Å². The minimum atomic E-state index is -0.273. The van der Waals surface area contributed by atoms with Crippen LogP contribution in [0, 0.1) is 12.8 Å². The predicted octanol–water partition coefficient (Wildman–Crippen LogP) is 3.38. The highest BCUT2D eigenvalue weighted by molar-refractivity contribution is 5.89. The van der Waals surface area contributed by atoms with Crippen molar-refractivity contribution in [1.29, 1.82) is 0 Å². The SMILES string of the molecule is CCN(CCCNC(=O)[C@H]1CC(=O)N(Cc2ccc(OC)cc2)C1)c1cccc(C)c1. The van der Waals surface area contributed by atoms with Gasteiger partial charge in [-0.05, 0) is 55.7 Å². The van der Waals surface area contributed by atoms with Gasteiger partial charge in [-0.1, -0.05) is 24.3 Å². The van der Waals surface area contributed by atoms with E-state index in [-0.39, 0.29) is 24.2 Å². The first-order valence-electron chi connectivity index (χ1n) is 11.0. The molecule has 0 aliphatic carbocycles. The van der Waals surface area contributed by atoms with Gasteiger partial charge in [-0.3, -0.25) is 9.59 Å². The normalized spacial score (nSPS) is 15.8. The van der Waals surface area contributed by atoms with Crippen LogP contribution in [0.25, 0.3) is 0 Å². The number of ether oxygens (including phenoxy) is 1. The lowest BCUT2D eigenvalue weighted by Gasteiger charge is -2.23. The number of nitrogens with one attached hydrogen (secondary N) is 1. The number of carbonyl (C=O) groups excluding carboxylic acids is 2. The number of methoxy groups -OCH3 is 1. The standard InChI is InChI=1S/C25H33N3O3/c1-4-27(22-8-5-7-19(2)15-22)14-6-13-26-25(30)21-16-24(29)28(18-21)17-20-9-11-23(31-3)12-10-20/h5,7-12,15,21H,4,6,13-14,16-18H2,1-3H3,(H,26,30)/t21-/m0/s1. The fourth-order valence-corrected chi connectivity index (χ4v) is 3.97. The van der Waals surface area contributed by atoms with E-state index in [0.717, 1.165) is 30.8 Å². The molecule has 1 aliphatic heterocycles. The molecule has 1 fully saturated rings. The van der Waals surface area contributed by atoms with Gasteiger partial charge >= 0.3 is 0 Å². The molecule has 2 aromatic carbocycles. The zero-order chi connectivity index (χ0) is 22.2. The maximum atomic E-state index is 12.6. The number of nitrogens with zero attached hydrogens (tertiary/aromatic N) is 2. The molecule has 31 heavy (non-hydrogen) atoms. The van der Waals surface area contributed by atoms with Crippen molar-refractivity contribution < 1.29 is 14.3 Å². The highest BCUT2D eigenvalue weighted by atomic mass is 16.5. The average Bonchev–Trinajstić information content (AvgIpc) is 3.14. The third-order valence-electron chi connectivity index (χ3n) is 5.77. The Morgan fingerprint density at radius 2 is 2.00 bits per heavy atom. The summed E-state index contributed by atoms with van der Waals surface area (Å²) in [5.74, 6) is 0.527. The summed E-state index contributed by atoms with van der Waals surface area (Å²) in [6.45, 7) is 7.66. The first-order chi connectivity index (χ1) is 15.0. The molecular weight excluding hydrogens is 390 g/mol. The summed E-state index contributed by atoms with van der Waals surface area (Å²) in [7, 11) is 1.63. The molecule has 6 heteroatoms. The van der Waals surface area contributed by atoms with Gasteiger partial charge < -0.3 is 19.9 Å². The van der Waals surface area contributed by atoms with Gasteiger partial charge in [0.1, 0.15) is 5.75 Å². The molecule has 0 bridgehead atoms. The lowest BCUT2D eigenvalue weighted by molar-refractivity contribution is -0.129. The van der Waals surface area contributed by atoms with E-state index in [1.54, 1.807) is 12.0 Å². The van der Waals surface area contributed by atoms with E-state index < -0.39 is 0 Å². The quantitative estimate of drug-likeness (QED) is 0.595. The molecule has 1 saturated heterocycles. The van der Waals surface area contributed by atoms with Gasteiger partial charge in [-0.25, -0.2) is 0 Å². The Bertz CT molecular complexity index is 882. The van der Waals surface area contributed by atoms with Gasteiger partial charge in [-0.15, -0.1) is 0 Å². The summed E-state index contributed by atoms with van der Waals surface area (Å²) in [6.07, 6.45) is 1.15. The van der Waals surface area contributed by atoms with Gasteiger partial charge in [0, 0.05) is 44.8 Å². The number of likely N-dealkylation sites (tertiary alicyclic amines) is 1. The molecule has 1 N–H and O–H groups in total. The first kappa shape index (κ1) is 22.7. The van der Waals surface area contributed by atoms with Gasteiger partial charge in [0.25, 0.3) is 0 Å². The maximum Gasteiger partial charge on any atom is 0.225 e. The Kier molecular flexibility index (Phi) is 7.93. The molecule has 0 aromatic heterocycles. The van der Waals surface area contributed by atoms with E-state index in [9.17, 15) is 9.59 Å². The minimum absolute atomic E-state index is 0.0239. The monoisotopic (exact) mass is 423 g/mol. The third kappa shape index (κ3) is 6.23. The van der Waals surface area contributed by atoms with E-state index in [0.29, 0.717) is 19.6 Å². The van der Waals surface area contributed by atoms with Gasteiger partial charge in [0.2, 0.25) is 11.8 Å². The first-order valence-corrected chi connectivity index (χ1v) is 11.0. The number of carbonyl (C=O) groups is 2. The van der Waals surface area contributed by atoms with Gasteiger partial charge in [0.05, 0.1) is 13.0 Å². The Morgan fingerprint density at radius 3 is 2.68 bits per heavy atom. The molecule has 166 valence electrons. The van der Waals surface area contributed by atoms with Crippen molar-refractivity contribution in [2.45, 2.75) is 33.2 Å². The molecule has 1 atom stereocenters.